The second kappa shape index (κ2) is 11.2. The summed E-state index contributed by atoms with van der Waals surface area (Å²) in [6.45, 7) is 2.74. The number of sulfonamides is 1. The van der Waals surface area contributed by atoms with Gasteiger partial charge < -0.3 is 10.1 Å². The third-order valence-electron chi connectivity index (χ3n) is 5.85. The number of nitrogens with one attached hydrogen (secondary N) is 1. The molecule has 0 unspecified atom stereocenters. The topological polar surface area (TPSA) is 136 Å². The zero-order chi connectivity index (χ0) is 26.6. The Bertz CT molecular complexity index is 1430. The Hall–Kier alpha value is -3.61. The quantitative estimate of drug-likeness (QED) is 0.242. The maximum atomic E-state index is 13.0. The van der Waals surface area contributed by atoms with Crippen LogP contribution in [0, 0.1) is 10.1 Å². The second-order valence-corrected chi connectivity index (χ2v) is 11.3. The Balaban J connectivity index is 1.59. The van der Waals surface area contributed by atoms with Crippen LogP contribution >= 0.6 is 11.3 Å². The van der Waals surface area contributed by atoms with E-state index in [2.05, 4.69) is 5.32 Å². The molecule has 0 spiro atoms. The van der Waals surface area contributed by atoms with Crippen molar-refractivity contribution in [3.63, 3.8) is 0 Å². The number of piperidine rings is 1. The molecule has 2 aromatic carbocycles. The summed E-state index contributed by atoms with van der Waals surface area (Å²) in [4.78, 5) is 37.0. The molecule has 1 saturated heterocycles. The number of amides is 1. The molecule has 1 aliphatic rings. The normalized spacial score (nSPS) is 14.2. The number of esters is 1. The molecule has 1 N–H and O–H groups in total. The number of thiophene rings is 1. The van der Waals surface area contributed by atoms with Gasteiger partial charge in [-0.2, -0.15) is 4.31 Å². The summed E-state index contributed by atoms with van der Waals surface area (Å²) < 4.78 is 32.3. The number of nitro groups is 1. The van der Waals surface area contributed by atoms with Gasteiger partial charge in [-0.1, -0.05) is 18.6 Å². The molecule has 1 amide bonds. The highest BCUT2D eigenvalue weighted by Gasteiger charge is 2.26. The van der Waals surface area contributed by atoms with Gasteiger partial charge in [0.2, 0.25) is 10.0 Å². The standard InChI is InChI=1S/C25H25N3O7S2/c1-2-35-25(30)23-21(16-22(36-23)18-7-6-8-19(15-18)28(31)32)26-24(29)17-9-11-20(12-10-17)37(33,34)27-13-4-3-5-14-27/h6-12,15-16H,2-5,13-14H2,1H3,(H,26,29). The van der Waals surface area contributed by atoms with Crippen LogP contribution < -0.4 is 5.32 Å². The van der Waals surface area contributed by atoms with Gasteiger partial charge in [-0.05, 0) is 55.7 Å². The molecule has 3 aromatic rings. The summed E-state index contributed by atoms with van der Waals surface area (Å²) in [5.41, 5.74) is 0.807. The Kier molecular flexibility index (Phi) is 8.00. The molecule has 37 heavy (non-hydrogen) atoms. The van der Waals surface area contributed by atoms with E-state index in [-0.39, 0.29) is 33.3 Å². The fourth-order valence-corrected chi connectivity index (χ4v) is 6.49. The smallest absolute Gasteiger partial charge is 0.350 e. The van der Waals surface area contributed by atoms with Crippen LogP contribution in [0.5, 0.6) is 0 Å². The Morgan fingerprint density at radius 3 is 2.43 bits per heavy atom. The Labute approximate surface area is 218 Å². The summed E-state index contributed by atoms with van der Waals surface area (Å²) in [5, 5.41) is 13.9. The lowest BCUT2D eigenvalue weighted by atomic mass is 10.1. The minimum Gasteiger partial charge on any atom is -0.462 e. The third-order valence-corrected chi connectivity index (χ3v) is 8.93. The number of benzene rings is 2. The number of carbonyl (C=O) groups is 2. The molecule has 0 bridgehead atoms. The number of carbonyl (C=O) groups excluding carboxylic acids is 2. The summed E-state index contributed by atoms with van der Waals surface area (Å²) in [6, 6.07) is 13.1. The van der Waals surface area contributed by atoms with Crippen molar-refractivity contribution in [1.82, 2.24) is 4.31 Å². The highest BCUT2D eigenvalue weighted by molar-refractivity contribution is 7.89. The highest BCUT2D eigenvalue weighted by atomic mass is 32.2. The third kappa shape index (κ3) is 5.87. The van der Waals surface area contributed by atoms with Gasteiger partial charge in [0, 0.05) is 35.7 Å². The molecule has 194 valence electrons. The lowest BCUT2D eigenvalue weighted by molar-refractivity contribution is -0.384. The number of nitrogens with zero attached hydrogens (tertiary/aromatic N) is 2. The van der Waals surface area contributed by atoms with Gasteiger partial charge in [-0.15, -0.1) is 11.3 Å². The number of anilines is 1. The first-order valence-electron chi connectivity index (χ1n) is 11.7. The van der Waals surface area contributed by atoms with E-state index >= 15 is 0 Å². The molecule has 0 radical (unpaired) electrons. The molecule has 1 aromatic heterocycles. The van der Waals surface area contributed by atoms with Crippen molar-refractivity contribution < 1.29 is 27.7 Å². The first kappa shape index (κ1) is 26.5. The van der Waals surface area contributed by atoms with Crippen LogP contribution in [0.15, 0.2) is 59.5 Å². The maximum Gasteiger partial charge on any atom is 0.350 e. The average molecular weight is 544 g/mol. The minimum atomic E-state index is -3.63. The van der Waals surface area contributed by atoms with E-state index in [4.69, 9.17) is 4.74 Å². The Morgan fingerprint density at radius 2 is 1.78 bits per heavy atom. The zero-order valence-electron chi connectivity index (χ0n) is 20.0. The number of nitro benzene ring substituents is 1. The molecule has 0 aliphatic carbocycles. The number of rotatable bonds is 8. The van der Waals surface area contributed by atoms with E-state index in [9.17, 15) is 28.1 Å². The van der Waals surface area contributed by atoms with Crippen molar-refractivity contribution in [3.8, 4) is 10.4 Å². The van der Waals surface area contributed by atoms with Gasteiger partial charge in [0.1, 0.15) is 4.88 Å². The fraction of sp³-hybridized carbons (Fsp3) is 0.280. The number of non-ortho nitro benzene ring substituents is 1. The van der Waals surface area contributed by atoms with E-state index in [0.717, 1.165) is 30.6 Å². The lowest BCUT2D eigenvalue weighted by Gasteiger charge is -2.25. The highest BCUT2D eigenvalue weighted by Crippen LogP contribution is 2.37. The largest absolute Gasteiger partial charge is 0.462 e. The van der Waals surface area contributed by atoms with Crippen molar-refractivity contribution in [1.29, 1.82) is 0 Å². The van der Waals surface area contributed by atoms with Gasteiger partial charge >= 0.3 is 5.97 Å². The van der Waals surface area contributed by atoms with Crippen molar-refractivity contribution in [2.24, 2.45) is 0 Å². The number of hydrogen-bond acceptors (Lipinski definition) is 8. The summed E-state index contributed by atoms with van der Waals surface area (Å²) >= 11 is 1.04. The molecule has 10 nitrogen and oxygen atoms in total. The van der Waals surface area contributed by atoms with Crippen molar-refractivity contribution in [3.05, 3.63) is 75.2 Å². The van der Waals surface area contributed by atoms with Gasteiger partial charge in [0.05, 0.1) is 22.1 Å². The van der Waals surface area contributed by atoms with E-state index in [1.807, 2.05) is 0 Å². The van der Waals surface area contributed by atoms with E-state index in [1.165, 1.54) is 46.8 Å². The van der Waals surface area contributed by atoms with Crippen LogP contribution in [0.1, 0.15) is 46.2 Å². The Morgan fingerprint density at radius 1 is 1.08 bits per heavy atom. The monoisotopic (exact) mass is 543 g/mol. The molecule has 0 atom stereocenters. The molecular weight excluding hydrogens is 518 g/mol. The van der Waals surface area contributed by atoms with Crippen LogP contribution in [-0.4, -0.2) is 49.2 Å². The fourth-order valence-electron chi connectivity index (χ4n) is 3.97. The number of ether oxygens (including phenoxy) is 1. The van der Waals surface area contributed by atoms with Gasteiger partial charge in [-0.3, -0.25) is 14.9 Å². The summed E-state index contributed by atoms with van der Waals surface area (Å²) in [7, 11) is -3.63. The molecule has 1 aliphatic heterocycles. The van der Waals surface area contributed by atoms with Crippen LogP contribution in [0.25, 0.3) is 10.4 Å². The predicted octanol–water partition coefficient (Wildman–Crippen LogP) is 4.93. The van der Waals surface area contributed by atoms with Crippen molar-refractivity contribution >= 4 is 44.6 Å². The van der Waals surface area contributed by atoms with Gasteiger partial charge in [0.15, 0.2) is 0 Å². The molecule has 12 heteroatoms. The second-order valence-electron chi connectivity index (χ2n) is 8.32. The maximum absolute atomic E-state index is 13.0. The van der Waals surface area contributed by atoms with Crippen molar-refractivity contribution in [2.75, 3.05) is 25.0 Å². The SMILES string of the molecule is CCOC(=O)c1sc(-c2cccc([N+](=O)[O-])c2)cc1NC(=O)c1ccc(S(=O)(=O)N2CCCCC2)cc1. The molecule has 0 saturated carbocycles. The van der Waals surface area contributed by atoms with Gasteiger partial charge in [-0.25, -0.2) is 13.2 Å². The van der Waals surface area contributed by atoms with Crippen LogP contribution in [0.4, 0.5) is 11.4 Å². The molecule has 4 rings (SSSR count). The van der Waals surface area contributed by atoms with Crippen LogP contribution in [-0.2, 0) is 14.8 Å². The van der Waals surface area contributed by atoms with E-state index < -0.39 is 26.8 Å². The lowest BCUT2D eigenvalue weighted by Crippen LogP contribution is -2.35. The summed E-state index contributed by atoms with van der Waals surface area (Å²) in [5.74, 6) is -1.18. The minimum absolute atomic E-state index is 0.103. The van der Waals surface area contributed by atoms with E-state index in [1.54, 1.807) is 19.1 Å². The zero-order valence-corrected chi connectivity index (χ0v) is 21.6. The first-order valence-corrected chi connectivity index (χ1v) is 13.9. The summed E-state index contributed by atoms with van der Waals surface area (Å²) in [6.07, 6.45) is 2.65. The van der Waals surface area contributed by atoms with Crippen molar-refractivity contribution in [2.45, 2.75) is 31.1 Å². The van der Waals surface area contributed by atoms with E-state index in [0.29, 0.717) is 23.5 Å². The number of hydrogen-bond donors (Lipinski definition) is 1. The average Bonchev–Trinajstić information content (AvgIpc) is 3.33. The first-order chi connectivity index (χ1) is 17.7. The van der Waals surface area contributed by atoms with Crippen LogP contribution in [0.2, 0.25) is 0 Å². The van der Waals surface area contributed by atoms with Gasteiger partial charge in [0.25, 0.3) is 11.6 Å². The molecular formula is C25H25N3O7S2. The molecule has 1 fully saturated rings. The molecule has 2 heterocycles. The van der Waals surface area contributed by atoms with Crippen LogP contribution in [0.3, 0.4) is 0 Å². The predicted molar refractivity (Wildman–Crippen MR) is 139 cm³/mol.